The van der Waals surface area contributed by atoms with Crippen LogP contribution in [0.1, 0.15) is 16.8 Å². The van der Waals surface area contributed by atoms with E-state index in [0.29, 0.717) is 17.1 Å². The van der Waals surface area contributed by atoms with E-state index in [2.05, 4.69) is 28.2 Å². The lowest BCUT2D eigenvalue weighted by atomic mass is 10.1. The number of aromatic nitrogens is 3. The van der Waals surface area contributed by atoms with E-state index in [4.69, 9.17) is 4.98 Å². The van der Waals surface area contributed by atoms with Crippen LogP contribution in [0.25, 0.3) is 10.9 Å². The lowest BCUT2D eigenvalue weighted by Gasteiger charge is -2.08. The van der Waals surface area contributed by atoms with Gasteiger partial charge in [0.05, 0.1) is 5.69 Å². The van der Waals surface area contributed by atoms with Crippen molar-refractivity contribution in [3.63, 3.8) is 0 Å². The molecule has 5 heteroatoms. The monoisotopic (exact) mass is 347 g/mol. The third kappa shape index (κ3) is 3.37. The summed E-state index contributed by atoms with van der Waals surface area (Å²) in [4.78, 5) is 24.1. The zero-order valence-electron chi connectivity index (χ0n) is 13.7. The van der Waals surface area contributed by atoms with E-state index in [1.165, 1.54) is 11.8 Å². The molecule has 2 aromatic carbocycles. The van der Waals surface area contributed by atoms with Crippen molar-refractivity contribution in [3.05, 3.63) is 88.0 Å². The number of nitrogens with one attached hydrogen (secondary N) is 2. The molecule has 25 heavy (non-hydrogen) atoms. The fraction of sp³-hybridized carbons (Fsp3) is 0.100. The molecule has 0 saturated heterocycles. The highest BCUT2D eigenvalue weighted by molar-refractivity contribution is 7.99. The first kappa shape index (κ1) is 15.7. The molecule has 0 amide bonds. The Morgan fingerprint density at radius 3 is 2.76 bits per heavy atom. The van der Waals surface area contributed by atoms with Crippen molar-refractivity contribution >= 4 is 22.7 Å². The van der Waals surface area contributed by atoms with Crippen molar-refractivity contribution in [2.45, 2.75) is 23.4 Å². The SMILES string of the molecule is Cc1c(Cc2ccccc2)nc(Sc2ccc3[nH]ccc3c2)[nH]c1=O. The average molecular weight is 347 g/mol. The molecule has 0 unspecified atom stereocenters. The van der Waals surface area contributed by atoms with Gasteiger partial charge in [-0.05, 0) is 36.8 Å². The molecule has 0 atom stereocenters. The Bertz CT molecular complexity index is 1080. The van der Waals surface area contributed by atoms with Crippen molar-refractivity contribution < 1.29 is 0 Å². The van der Waals surface area contributed by atoms with E-state index in [1.54, 1.807) is 0 Å². The summed E-state index contributed by atoms with van der Waals surface area (Å²) in [5, 5.41) is 1.76. The third-order valence-electron chi connectivity index (χ3n) is 4.18. The molecule has 0 aliphatic carbocycles. The van der Waals surface area contributed by atoms with Gasteiger partial charge >= 0.3 is 0 Å². The summed E-state index contributed by atoms with van der Waals surface area (Å²) in [6.07, 6.45) is 2.57. The lowest BCUT2D eigenvalue weighted by Crippen LogP contribution is -2.16. The van der Waals surface area contributed by atoms with Crippen molar-refractivity contribution in [1.82, 2.24) is 15.0 Å². The molecular weight excluding hydrogens is 330 g/mol. The van der Waals surface area contributed by atoms with Gasteiger partial charge in [-0.15, -0.1) is 0 Å². The predicted molar refractivity (Wildman–Crippen MR) is 101 cm³/mol. The van der Waals surface area contributed by atoms with Crippen LogP contribution >= 0.6 is 11.8 Å². The van der Waals surface area contributed by atoms with E-state index in [-0.39, 0.29) is 5.56 Å². The maximum absolute atomic E-state index is 12.3. The van der Waals surface area contributed by atoms with Gasteiger partial charge in [-0.1, -0.05) is 42.1 Å². The first-order chi connectivity index (χ1) is 12.2. The quantitative estimate of drug-likeness (QED) is 0.541. The molecule has 0 bridgehead atoms. The van der Waals surface area contributed by atoms with Crippen LogP contribution in [-0.4, -0.2) is 15.0 Å². The number of fused-ring (bicyclic) bond motifs is 1. The first-order valence-corrected chi connectivity index (χ1v) is 8.89. The third-order valence-corrected chi connectivity index (χ3v) is 5.06. The van der Waals surface area contributed by atoms with E-state index in [1.807, 2.05) is 49.5 Å². The van der Waals surface area contributed by atoms with Crippen molar-refractivity contribution in [1.29, 1.82) is 0 Å². The highest BCUT2D eigenvalue weighted by atomic mass is 32.2. The number of nitrogens with zero attached hydrogens (tertiary/aromatic N) is 1. The number of aromatic amines is 2. The standard InChI is InChI=1S/C20H17N3OS/c1-13-18(11-14-5-3-2-4-6-14)22-20(23-19(13)24)25-16-7-8-17-15(12-16)9-10-21-17/h2-10,12,21H,11H2,1H3,(H,22,23,24). The normalized spacial score (nSPS) is 11.1. The number of H-pyrrole nitrogens is 2. The maximum atomic E-state index is 12.3. The molecular formula is C20H17N3OS. The molecule has 0 spiro atoms. The van der Waals surface area contributed by atoms with Gasteiger partial charge in [0.15, 0.2) is 5.16 Å². The van der Waals surface area contributed by atoms with Gasteiger partial charge in [0.2, 0.25) is 0 Å². The summed E-state index contributed by atoms with van der Waals surface area (Å²) in [7, 11) is 0. The summed E-state index contributed by atoms with van der Waals surface area (Å²) in [6, 6.07) is 18.3. The van der Waals surface area contributed by atoms with Crippen molar-refractivity contribution in [2.75, 3.05) is 0 Å². The van der Waals surface area contributed by atoms with Crippen LogP contribution in [0.2, 0.25) is 0 Å². The van der Waals surface area contributed by atoms with E-state index < -0.39 is 0 Å². The molecule has 2 N–H and O–H groups in total. The minimum absolute atomic E-state index is 0.0776. The number of benzene rings is 2. The Labute approximate surface area is 149 Å². The highest BCUT2D eigenvalue weighted by Gasteiger charge is 2.10. The van der Waals surface area contributed by atoms with Crippen LogP contribution in [0.5, 0.6) is 0 Å². The van der Waals surface area contributed by atoms with Crippen LogP contribution in [0.15, 0.2) is 75.6 Å². The van der Waals surface area contributed by atoms with Gasteiger partial charge in [-0.25, -0.2) is 4.98 Å². The second-order valence-electron chi connectivity index (χ2n) is 5.93. The molecule has 4 aromatic rings. The zero-order valence-corrected chi connectivity index (χ0v) is 14.6. The van der Waals surface area contributed by atoms with Gasteiger partial charge in [0.25, 0.3) is 5.56 Å². The van der Waals surface area contributed by atoms with Gasteiger partial charge in [-0.2, -0.15) is 0 Å². The number of hydrogen-bond donors (Lipinski definition) is 2. The van der Waals surface area contributed by atoms with Gasteiger partial charge in [0.1, 0.15) is 0 Å². The van der Waals surface area contributed by atoms with Crippen molar-refractivity contribution in [2.24, 2.45) is 0 Å². The smallest absolute Gasteiger partial charge is 0.254 e. The average Bonchev–Trinajstić information content (AvgIpc) is 3.08. The molecule has 2 aromatic heterocycles. The fourth-order valence-electron chi connectivity index (χ4n) is 2.77. The molecule has 124 valence electrons. The number of hydrogen-bond acceptors (Lipinski definition) is 3. The van der Waals surface area contributed by atoms with Crippen LogP contribution < -0.4 is 5.56 Å². The lowest BCUT2D eigenvalue weighted by molar-refractivity contribution is 0.858. The molecule has 0 saturated carbocycles. The number of rotatable bonds is 4. The van der Waals surface area contributed by atoms with Gasteiger partial charge in [0, 0.05) is 34.0 Å². The predicted octanol–water partition coefficient (Wildman–Crippen LogP) is 4.30. The summed E-state index contributed by atoms with van der Waals surface area (Å²) >= 11 is 1.47. The van der Waals surface area contributed by atoms with E-state index in [0.717, 1.165) is 27.1 Å². The van der Waals surface area contributed by atoms with Crippen LogP contribution in [0, 0.1) is 6.92 Å². The molecule has 0 radical (unpaired) electrons. The zero-order chi connectivity index (χ0) is 17.2. The summed E-state index contributed by atoms with van der Waals surface area (Å²) in [6.45, 7) is 1.82. The Balaban J connectivity index is 1.66. The molecule has 4 rings (SSSR count). The van der Waals surface area contributed by atoms with Gasteiger partial charge in [-0.3, -0.25) is 4.79 Å². The topological polar surface area (TPSA) is 61.5 Å². The fourth-order valence-corrected chi connectivity index (χ4v) is 3.62. The maximum Gasteiger partial charge on any atom is 0.254 e. The van der Waals surface area contributed by atoms with Crippen LogP contribution in [0.4, 0.5) is 0 Å². The van der Waals surface area contributed by atoms with Crippen molar-refractivity contribution in [3.8, 4) is 0 Å². The van der Waals surface area contributed by atoms with Crippen LogP contribution in [-0.2, 0) is 6.42 Å². The molecule has 2 heterocycles. The minimum Gasteiger partial charge on any atom is -0.361 e. The first-order valence-electron chi connectivity index (χ1n) is 8.08. The highest BCUT2D eigenvalue weighted by Crippen LogP contribution is 2.27. The van der Waals surface area contributed by atoms with Gasteiger partial charge < -0.3 is 9.97 Å². The Kier molecular flexibility index (Phi) is 4.15. The largest absolute Gasteiger partial charge is 0.361 e. The summed E-state index contributed by atoms with van der Waals surface area (Å²) < 4.78 is 0. The summed E-state index contributed by atoms with van der Waals surface area (Å²) in [5.74, 6) is 0. The Morgan fingerprint density at radius 1 is 1.08 bits per heavy atom. The second-order valence-corrected chi connectivity index (χ2v) is 7.00. The molecule has 0 aliphatic heterocycles. The Morgan fingerprint density at radius 2 is 1.92 bits per heavy atom. The second kappa shape index (κ2) is 6.61. The summed E-state index contributed by atoms with van der Waals surface area (Å²) in [5.41, 5.74) is 3.66. The van der Waals surface area contributed by atoms with E-state index in [9.17, 15) is 4.79 Å². The molecule has 0 fully saturated rings. The minimum atomic E-state index is -0.0776. The molecule has 0 aliphatic rings. The van der Waals surface area contributed by atoms with Crippen LogP contribution in [0.3, 0.4) is 0 Å². The Hall–Kier alpha value is -2.79. The van der Waals surface area contributed by atoms with E-state index >= 15 is 0 Å². The molecule has 4 nitrogen and oxygen atoms in total.